The highest BCUT2D eigenvalue weighted by Crippen LogP contribution is 2.37. The maximum absolute atomic E-state index is 6.65. The lowest BCUT2D eigenvalue weighted by molar-refractivity contribution is 0.338. The quantitative estimate of drug-likeness (QED) is 0.498. The van der Waals surface area contributed by atoms with E-state index < -0.39 is 0 Å². The Hall–Kier alpha value is -0.210. The molecule has 0 radical (unpaired) electrons. The first kappa shape index (κ1) is 16.8. The van der Waals surface area contributed by atoms with E-state index in [9.17, 15) is 0 Å². The molecule has 1 aromatic carbocycles. The van der Waals surface area contributed by atoms with Gasteiger partial charge in [-0.3, -0.25) is 0 Å². The lowest BCUT2D eigenvalue weighted by Gasteiger charge is -2.21. The van der Waals surface area contributed by atoms with Gasteiger partial charge in [0.2, 0.25) is 0 Å². The predicted molar refractivity (Wildman–Crippen MR) is 87.2 cm³/mol. The molecule has 0 aliphatic carbocycles. The van der Waals surface area contributed by atoms with Crippen molar-refractivity contribution >= 4 is 27.5 Å². The van der Waals surface area contributed by atoms with E-state index in [2.05, 4.69) is 41.9 Å². The van der Waals surface area contributed by atoms with Gasteiger partial charge in [0.15, 0.2) is 0 Å². The van der Waals surface area contributed by atoms with Crippen LogP contribution in [0.25, 0.3) is 0 Å². The number of ether oxygens (including phenoxy) is 1. The normalized spacial score (nSPS) is 14.2. The van der Waals surface area contributed by atoms with Crippen LogP contribution in [0.1, 0.15) is 57.4 Å². The molecule has 0 spiro atoms. The van der Waals surface area contributed by atoms with E-state index in [1.807, 2.05) is 13.0 Å². The van der Waals surface area contributed by atoms with Crippen LogP contribution in [0.3, 0.4) is 0 Å². The molecule has 0 aliphatic heterocycles. The average Bonchev–Trinajstić information content (AvgIpc) is 2.42. The third-order valence-electron chi connectivity index (χ3n) is 3.44. The second-order valence-corrected chi connectivity index (χ2v) is 6.16. The maximum Gasteiger partial charge on any atom is 0.133 e. The average molecular weight is 348 g/mol. The van der Waals surface area contributed by atoms with Gasteiger partial charge in [-0.25, -0.2) is 0 Å². The number of halogens is 2. The Morgan fingerprint density at radius 2 is 2.00 bits per heavy atom. The van der Waals surface area contributed by atoms with Crippen LogP contribution in [0.4, 0.5) is 0 Å². The van der Waals surface area contributed by atoms with Gasteiger partial charge in [-0.2, -0.15) is 0 Å². The molecule has 1 rings (SSSR count). The lowest BCUT2D eigenvalue weighted by Crippen LogP contribution is -2.07. The molecule has 0 amide bonds. The molecule has 0 aromatic heterocycles. The minimum Gasteiger partial charge on any atom is -0.493 e. The largest absolute Gasteiger partial charge is 0.493 e. The van der Waals surface area contributed by atoms with E-state index in [-0.39, 0.29) is 5.38 Å². The third kappa shape index (κ3) is 5.00. The molecule has 1 aromatic rings. The van der Waals surface area contributed by atoms with Crippen LogP contribution in [0.2, 0.25) is 0 Å². The summed E-state index contributed by atoms with van der Waals surface area (Å²) in [6.07, 6.45) is 4.80. The van der Waals surface area contributed by atoms with Crippen molar-refractivity contribution in [2.24, 2.45) is 5.92 Å². The van der Waals surface area contributed by atoms with Crippen molar-refractivity contribution in [2.75, 3.05) is 6.61 Å². The molecule has 0 aliphatic rings. The van der Waals surface area contributed by atoms with E-state index in [0.717, 1.165) is 16.6 Å². The highest BCUT2D eigenvalue weighted by atomic mass is 79.9. The van der Waals surface area contributed by atoms with Crippen LogP contribution in [0.5, 0.6) is 5.75 Å². The molecule has 1 nitrogen and oxygen atoms in total. The zero-order valence-electron chi connectivity index (χ0n) is 12.1. The molecule has 0 saturated heterocycles. The number of alkyl halides is 1. The van der Waals surface area contributed by atoms with Crippen LogP contribution in [-0.4, -0.2) is 6.61 Å². The summed E-state index contributed by atoms with van der Waals surface area (Å²) >= 11 is 10.2. The minimum atomic E-state index is 0.0866. The first-order chi connectivity index (χ1) is 9.13. The van der Waals surface area contributed by atoms with Crippen molar-refractivity contribution in [3.8, 4) is 5.75 Å². The lowest BCUT2D eigenvalue weighted by atomic mass is 9.91. The molecule has 0 saturated carbocycles. The van der Waals surface area contributed by atoms with E-state index in [1.165, 1.54) is 24.8 Å². The molecule has 0 heterocycles. The van der Waals surface area contributed by atoms with Gasteiger partial charge in [0.1, 0.15) is 5.75 Å². The fourth-order valence-electron chi connectivity index (χ4n) is 2.26. The van der Waals surface area contributed by atoms with Gasteiger partial charge >= 0.3 is 0 Å². The van der Waals surface area contributed by atoms with Crippen LogP contribution < -0.4 is 4.74 Å². The fourth-order valence-corrected chi connectivity index (χ4v) is 3.21. The van der Waals surface area contributed by atoms with E-state index in [1.54, 1.807) is 0 Å². The van der Waals surface area contributed by atoms with Crippen molar-refractivity contribution in [2.45, 2.75) is 51.8 Å². The van der Waals surface area contributed by atoms with Gasteiger partial charge in [-0.15, -0.1) is 11.6 Å². The highest BCUT2D eigenvalue weighted by Gasteiger charge is 2.19. The summed E-state index contributed by atoms with van der Waals surface area (Å²) in [4.78, 5) is 0. The van der Waals surface area contributed by atoms with E-state index in [0.29, 0.717) is 12.5 Å². The van der Waals surface area contributed by atoms with Crippen molar-refractivity contribution in [1.29, 1.82) is 0 Å². The molecular weight excluding hydrogens is 324 g/mol. The van der Waals surface area contributed by atoms with Gasteiger partial charge in [0, 0.05) is 0 Å². The Kier molecular flexibility index (Phi) is 7.86. The van der Waals surface area contributed by atoms with E-state index >= 15 is 0 Å². The summed E-state index contributed by atoms with van der Waals surface area (Å²) in [6, 6.07) is 6.18. The molecule has 108 valence electrons. The second-order valence-electron chi connectivity index (χ2n) is 4.84. The van der Waals surface area contributed by atoms with Crippen LogP contribution in [0, 0.1) is 5.92 Å². The molecule has 0 fully saturated rings. The molecule has 2 unspecified atom stereocenters. The summed E-state index contributed by atoms with van der Waals surface area (Å²) in [5.74, 6) is 1.43. The first-order valence-corrected chi connectivity index (χ1v) is 8.43. The first-order valence-electron chi connectivity index (χ1n) is 7.20. The Morgan fingerprint density at radius 1 is 1.26 bits per heavy atom. The predicted octanol–water partition coefficient (Wildman–Crippen LogP) is 6.34. The van der Waals surface area contributed by atoms with Gasteiger partial charge in [-0.1, -0.05) is 39.2 Å². The Balaban J connectivity index is 2.80. The van der Waals surface area contributed by atoms with Gasteiger partial charge in [0.25, 0.3) is 0 Å². The summed E-state index contributed by atoms with van der Waals surface area (Å²) in [5.41, 5.74) is 1.18. The fraction of sp³-hybridized carbons (Fsp3) is 0.625. The zero-order valence-corrected chi connectivity index (χ0v) is 14.4. The number of unbranched alkanes of at least 4 members (excludes halogenated alkanes) is 1. The molecule has 3 heteroatoms. The maximum atomic E-state index is 6.65. The van der Waals surface area contributed by atoms with E-state index in [4.69, 9.17) is 16.3 Å². The Morgan fingerprint density at radius 3 is 2.53 bits per heavy atom. The van der Waals surface area contributed by atoms with Crippen LogP contribution >= 0.6 is 27.5 Å². The highest BCUT2D eigenvalue weighted by molar-refractivity contribution is 9.10. The molecular formula is C16H24BrClO. The Bertz CT molecular complexity index is 381. The zero-order chi connectivity index (χ0) is 14.3. The summed E-state index contributed by atoms with van der Waals surface area (Å²) in [7, 11) is 0. The monoisotopic (exact) mass is 346 g/mol. The Labute approximate surface area is 130 Å². The summed E-state index contributed by atoms with van der Waals surface area (Å²) in [5, 5.41) is 0.0866. The van der Waals surface area contributed by atoms with Gasteiger partial charge in [0.05, 0.1) is 16.5 Å². The SMILES string of the molecule is CCCCC(CC)C(Cl)c1ccc(OCC)c(Br)c1. The topological polar surface area (TPSA) is 9.23 Å². The van der Waals surface area contributed by atoms with Crippen LogP contribution in [-0.2, 0) is 0 Å². The van der Waals surface area contributed by atoms with Gasteiger partial charge in [-0.05, 0) is 52.9 Å². The standard InChI is InChI=1S/C16H24BrClO/c1-4-7-8-12(5-2)16(18)13-9-10-15(19-6-3)14(17)11-13/h9-12,16H,4-8H2,1-3H3. The molecule has 19 heavy (non-hydrogen) atoms. The van der Waals surface area contributed by atoms with Crippen molar-refractivity contribution in [1.82, 2.24) is 0 Å². The van der Waals surface area contributed by atoms with Crippen LogP contribution in [0.15, 0.2) is 22.7 Å². The number of benzene rings is 1. The summed E-state index contributed by atoms with van der Waals surface area (Å²) < 4.78 is 6.52. The van der Waals surface area contributed by atoms with Gasteiger partial charge < -0.3 is 4.74 Å². The number of hydrogen-bond acceptors (Lipinski definition) is 1. The smallest absolute Gasteiger partial charge is 0.133 e. The van der Waals surface area contributed by atoms with Crippen molar-refractivity contribution in [3.63, 3.8) is 0 Å². The third-order valence-corrected chi connectivity index (χ3v) is 4.67. The summed E-state index contributed by atoms with van der Waals surface area (Å²) in [6.45, 7) is 7.11. The van der Waals surface area contributed by atoms with Crippen molar-refractivity contribution < 1.29 is 4.74 Å². The number of hydrogen-bond donors (Lipinski definition) is 0. The molecule has 0 N–H and O–H groups in total. The van der Waals surface area contributed by atoms with Crippen molar-refractivity contribution in [3.05, 3.63) is 28.2 Å². The minimum absolute atomic E-state index is 0.0866. The molecule has 2 atom stereocenters. The second kappa shape index (κ2) is 8.86. The number of rotatable bonds is 8. The molecule has 0 bridgehead atoms.